The summed E-state index contributed by atoms with van der Waals surface area (Å²) in [5.41, 5.74) is 0.868. The molecule has 1 amide bonds. The maximum Gasteiger partial charge on any atom is 0.341 e. The number of nitrogens with one attached hydrogen (secondary N) is 2. The lowest BCUT2D eigenvalue weighted by Gasteiger charge is -2.10. The summed E-state index contributed by atoms with van der Waals surface area (Å²) in [5, 5.41) is 37.0. The number of carboxylic acids is 2. The SMILES string of the molecule is CC(C)c1[nH]n2nc(C(C)CNC(=O)c3cc(C(=O)O)cc(C(=O)O)c3)nc2c1N=Nc1nc2ccc(S(=O)(=O)O)cc2o1. The quantitative estimate of drug-likeness (QED) is 0.109. The smallest absolute Gasteiger partial charge is 0.341 e. The van der Waals surface area contributed by atoms with Crippen LogP contribution in [0.3, 0.4) is 0 Å². The van der Waals surface area contributed by atoms with Crippen molar-refractivity contribution < 1.29 is 42.0 Å². The second kappa shape index (κ2) is 11.3. The van der Waals surface area contributed by atoms with Gasteiger partial charge in [-0.3, -0.25) is 14.4 Å². The molecule has 5 rings (SSSR count). The van der Waals surface area contributed by atoms with Crippen LogP contribution in [0.2, 0.25) is 0 Å². The summed E-state index contributed by atoms with van der Waals surface area (Å²) < 4.78 is 39.0. The van der Waals surface area contributed by atoms with Gasteiger partial charge in [-0.25, -0.2) is 14.6 Å². The van der Waals surface area contributed by atoms with Crippen LogP contribution >= 0.6 is 0 Å². The molecule has 1 unspecified atom stereocenters. The van der Waals surface area contributed by atoms with Crippen molar-refractivity contribution in [3.8, 4) is 0 Å². The van der Waals surface area contributed by atoms with Crippen molar-refractivity contribution in [2.45, 2.75) is 37.5 Å². The number of aromatic carboxylic acids is 2. The van der Waals surface area contributed by atoms with Gasteiger partial charge < -0.3 is 19.9 Å². The molecule has 0 fully saturated rings. The number of hydrogen-bond acceptors (Lipinski definition) is 11. The Bertz CT molecular complexity index is 2060. The molecule has 0 aliphatic carbocycles. The highest BCUT2D eigenvalue weighted by Crippen LogP contribution is 2.33. The molecule has 0 spiro atoms. The first kappa shape index (κ1) is 30.0. The molecule has 18 heteroatoms. The van der Waals surface area contributed by atoms with Gasteiger partial charge in [-0.2, -0.15) is 18.0 Å². The Morgan fingerprint density at radius 1 is 1.00 bits per heavy atom. The number of carbonyl (C=O) groups excluding carboxylic acids is 1. The van der Waals surface area contributed by atoms with E-state index in [2.05, 4.69) is 35.7 Å². The molecular weight excluding hydrogens is 600 g/mol. The fraction of sp³-hybridized carbons (Fsp3) is 0.231. The molecule has 3 aromatic heterocycles. The molecule has 5 N–H and O–H groups in total. The molecular formula is C26H24N8O9S. The number of hydrogen-bond donors (Lipinski definition) is 5. The summed E-state index contributed by atoms with van der Waals surface area (Å²) in [6.45, 7) is 5.60. The van der Waals surface area contributed by atoms with E-state index in [1.807, 2.05) is 13.8 Å². The third kappa shape index (κ3) is 6.01. The summed E-state index contributed by atoms with van der Waals surface area (Å²) in [5.74, 6) is -3.58. The summed E-state index contributed by atoms with van der Waals surface area (Å²) in [4.78, 5) is 43.8. The lowest BCUT2D eigenvalue weighted by Crippen LogP contribution is -2.28. The van der Waals surface area contributed by atoms with Crippen LogP contribution in [-0.4, -0.2) is 72.4 Å². The Kier molecular flexibility index (Phi) is 7.70. The average Bonchev–Trinajstić information content (AvgIpc) is 3.66. The van der Waals surface area contributed by atoms with E-state index in [1.165, 1.54) is 16.8 Å². The fourth-order valence-corrected chi connectivity index (χ4v) is 4.69. The Balaban J connectivity index is 1.37. The van der Waals surface area contributed by atoms with Crippen LogP contribution in [0.4, 0.5) is 11.7 Å². The van der Waals surface area contributed by atoms with Crippen molar-refractivity contribution in [3.63, 3.8) is 0 Å². The highest BCUT2D eigenvalue weighted by molar-refractivity contribution is 7.85. The van der Waals surface area contributed by atoms with Crippen molar-refractivity contribution in [2.75, 3.05) is 6.54 Å². The second-order valence-corrected chi connectivity index (χ2v) is 11.5. The van der Waals surface area contributed by atoms with Crippen LogP contribution in [0, 0.1) is 0 Å². The number of nitrogens with zero attached hydrogens (tertiary/aromatic N) is 6. The number of fused-ring (bicyclic) bond motifs is 2. The molecule has 5 aromatic rings. The minimum absolute atomic E-state index is 0.0358. The number of oxazole rings is 1. The van der Waals surface area contributed by atoms with Gasteiger partial charge in [0.2, 0.25) is 5.65 Å². The first-order chi connectivity index (χ1) is 20.7. The largest absolute Gasteiger partial charge is 0.478 e. The number of rotatable bonds is 10. The van der Waals surface area contributed by atoms with E-state index < -0.39 is 33.9 Å². The summed E-state index contributed by atoms with van der Waals surface area (Å²) in [6.07, 6.45) is 0. The number of carboxylic acid groups (broad SMARTS) is 2. The molecule has 228 valence electrons. The first-order valence-corrected chi connectivity index (χ1v) is 14.3. The zero-order chi connectivity index (χ0) is 31.9. The number of amides is 1. The highest BCUT2D eigenvalue weighted by Gasteiger charge is 2.22. The van der Waals surface area contributed by atoms with E-state index in [9.17, 15) is 37.6 Å². The van der Waals surface area contributed by atoms with Gasteiger partial charge in [0.15, 0.2) is 17.1 Å². The molecule has 3 heterocycles. The monoisotopic (exact) mass is 624 g/mol. The maximum absolute atomic E-state index is 12.7. The average molecular weight is 625 g/mol. The number of aromatic nitrogens is 5. The van der Waals surface area contributed by atoms with E-state index in [-0.39, 0.29) is 45.6 Å². The normalized spacial score (nSPS) is 12.8. The van der Waals surface area contributed by atoms with Crippen molar-refractivity contribution in [1.29, 1.82) is 0 Å². The van der Waals surface area contributed by atoms with Gasteiger partial charge in [-0.15, -0.1) is 10.2 Å². The second-order valence-electron chi connectivity index (χ2n) is 10.1. The molecule has 44 heavy (non-hydrogen) atoms. The van der Waals surface area contributed by atoms with Crippen LogP contribution in [0.5, 0.6) is 0 Å². The minimum Gasteiger partial charge on any atom is -0.478 e. The highest BCUT2D eigenvalue weighted by atomic mass is 32.2. The van der Waals surface area contributed by atoms with Gasteiger partial charge in [0.25, 0.3) is 16.0 Å². The van der Waals surface area contributed by atoms with Crippen LogP contribution in [-0.2, 0) is 10.1 Å². The van der Waals surface area contributed by atoms with Crippen LogP contribution < -0.4 is 5.32 Å². The van der Waals surface area contributed by atoms with Gasteiger partial charge in [-0.05, 0) is 36.2 Å². The minimum atomic E-state index is -4.44. The van der Waals surface area contributed by atoms with E-state index in [4.69, 9.17) is 4.42 Å². The Hall–Kier alpha value is -5.49. The molecule has 0 saturated heterocycles. The van der Waals surface area contributed by atoms with E-state index >= 15 is 0 Å². The molecule has 2 aromatic carbocycles. The van der Waals surface area contributed by atoms with Gasteiger partial charge in [0.1, 0.15) is 5.52 Å². The molecule has 0 aliphatic rings. The zero-order valence-electron chi connectivity index (χ0n) is 23.2. The van der Waals surface area contributed by atoms with Crippen molar-refractivity contribution in [2.24, 2.45) is 10.2 Å². The number of aromatic amines is 1. The van der Waals surface area contributed by atoms with Crippen molar-refractivity contribution in [1.82, 2.24) is 30.1 Å². The lowest BCUT2D eigenvalue weighted by molar-refractivity contribution is 0.0696. The van der Waals surface area contributed by atoms with Crippen LogP contribution in [0.25, 0.3) is 16.7 Å². The number of carbonyl (C=O) groups is 3. The third-order valence-electron chi connectivity index (χ3n) is 6.47. The maximum atomic E-state index is 12.7. The number of benzene rings is 2. The van der Waals surface area contributed by atoms with Gasteiger partial charge in [0, 0.05) is 24.1 Å². The lowest BCUT2D eigenvalue weighted by atomic mass is 10.0. The fourth-order valence-electron chi connectivity index (χ4n) is 4.19. The topological polar surface area (TPSA) is 255 Å². The van der Waals surface area contributed by atoms with Crippen molar-refractivity contribution in [3.05, 3.63) is 64.6 Å². The van der Waals surface area contributed by atoms with Crippen LogP contribution in [0.1, 0.15) is 75.2 Å². The Labute approximate surface area is 247 Å². The van der Waals surface area contributed by atoms with Crippen molar-refractivity contribution >= 4 is 56.4 Å². The Morgan fingerprint density at radius 2 is 1.66 bits per heavy atom. The van der Waals surface area contributed by atoms with E-state index in [1.54, 1.807) is 6.92 Å². The predicted molar refractivity (Wildman–Crippen MR) is 151 cm³/mol. The van der Waals surface area contributed by atoms with Crippen LogP contribution in [0.15, 0.2) is 55.9 Å². The Morgan fingerprint density at radius 3 is 2.27 bits per heavy atom. The molecule has 0 bridgehead atoms. The van der Waals surface area contributed by atoms with E-state index in [0.29, 0.717) is 28.4 Å². The number of azo groups is 1. The van der Waals surface area contributed by atoms with Gasteiger partial charge in [-0.1, -0.05) is 25.9 Å². The molecule has 0 aliphatic heterocycles. The summed E-state index contributed by atoms with van der Waals surface area (Å²) in [6, 6.07) is 6.61. The van der Waals surface area contributed by atoms with Gasteiger partial charge >= 0.3 is 18.0 Å². The molecule has 17 nitrogen and oxygen atoms in total. The first-order valence-electron chi connectivity index (χ1n) is 12.9. The van der Waals surface area contributed by atoms with E-state index in [0.717, 1.165) is 24.3 Å². The number of H-pyrrole nitrogens is 1. The standard InChI is InChI=1S/C26H24N8O9S/c1-11(2)19-20(30-31-26-28-17-5-4-16(44(40,41)42)9-18(17)43-26)22-29-21(33-34(22)32-19)12(3)10-27-23(35)13-6-14(24(36)37)8-15(7-13)25(38)39/h4-9,11-12,32H,10H2,1-3H3,(H,27,35)(H,36,37)(H,38,39)(H,40,41,42). The molecule has 1 atom stereocenters. The zero-order valence-corrected chi connectivity index (χ0v) is 24.0. The summed E-state index contributed by atoms with van der Waals surface area (Å²) >= 11 is 0. The predicted octanol–water partition coefficient (Wildman–Crippen LogP) is 3.91. The molecule has 0 radical (unpaired) electrons. The molecule has 0 saturated carbocycles. The third-order valence-corrected chi connectivity index (χ3v) is 7.32. The van der Waals surface area contributed by atoms with Gasteiger partial charge in [0.05, 0.1) is 21.7 Å². The summed E-state index contributed by atoms with van der Waals surface area (Å²) in [7, 11) is -4.44.